The summed E-state index contributed by atoms with van der Waals surface area (Å²) in [6.45, 7) is 0. The average Bonchev–Trinajstić information content (AvgIpc) is 2.40. The topological polar surface area (TPSA) is 23.9 Å². The van der Waals surface area contributed by atoms with Gasteiger partial charge >= 0.3 is 0 Å². The Balaban J connectivity index is 2.01. The minimum absolute atomic E-state index is 0.291. The third-order valence-corrected chi connectivity index (χ3v) is 2.92. The van der Waals surface area contributed by atoms with Crippen molar-refractivity contribution in [2.24, 2.45) is 5.92 Å². The molecule has 0 fully saturated rings. The Morgan fingerprint density at radius 3 is 1.53 bits per heavy atom. The molecule has 0 saturated heterocycles. The Morgan fingerprint density at radius 2 is 1.18 bits per heavy atom. The van der Waals surface area contributed by atoms with Crippen molar-refractivity contribution in [2.75, 3.05) is 0 Å². The molecule has 1 nitrogen and oxygen atoms in total. The fourth-order valence-corrected chi connectivity index (χ4v) is 2.02. The standard InChI is InChI=1S/C16H17N/c17-13-16(11-14-7-3-1-4-8-14)12-15-9-5-2-6-10-15/h1-10,13,16-17H,11-12H2. The number of hydrogen-bond acceptors (Lipinski definition) is 1. The van der Waals surface area contributed by atoms with Crippen LogP contribution in [0.25, 0.3) is 0 Å². The molecule has 2 aromatic carbocycles. The molecule has 2 aromatic rings. The van der Waals surface area contributed by atoms with E-state index < -0.39 is 0 Å². The van der Waals surface area contributed by atoms with Crippen LogP contribution in [0.2, 0.25) is 0 Å². The molecule has 0 aliphatic heterocycles. The van der Waals surface area contributed by atoms with E-state index in [-0.39, 0.29) is 0 Å². The Morgan fingerprint density at radius 1 is 0.765 bits per heavy atom. The third-order valence-electron chi connectivity index (χ3n) is 2.92. The van der Waals surface area contributed by atoms with Gasteiger partial charge in [-0.1, -0.05) is 60.7 Å². The van der Waals surface area contributed by atoms with Gasteiger partial charge in [0, 0.05) is 5.92 Å². The number of nitrogens with one attached hydrogen (secondary N) is 1. The largest absolute Gasteiger partial charge is 0.313 e. The molecular weight excluding hydrogens is 206 g/mol. The average molecular weight is 223 g/mol. The first-order chi connectivity index (χ1) is 8.38. The lowest BCUT2D eigenvalue weighted by Crippen LogP contribution is -2.09. The van der Waals surface area contributed by atoms with Crippen LogP contribution in [-0.2, 0) is 12.8 Å². The van der Waals surface area contributed by atoms with E-state index in [1.54, 1.807) is 6.21 Å². The predicted octanol–water partition coefficient (Wildman–Crippen LogP) is 3.74. The molecule has 0 aliphatic rings. The van der Waals surface area contributed by atoms with Gasteiger partial charge in [0.05, 0.1) is 0 Å². The van der Waals surface area contributed by atoms with Crippen molar-refractivity contribution >= 4 is 6.21 Å². The van der Waals surface area contributed by atoms with Crippen LogP contribution in [0.4, 0.5) is 0 Å². The first-order valence-electron chi connectivity index (χ1n) is 5.97. The highest BCUT2D eigenvalue weighted by molar-refractivity contribution is 5.58. The summed E-state index contributed by atoms with van der Waals surface area (Å²) in [4.78, 5) is 0. The van der Waals surface area contributed by atoms with Crippen molar-refractivity contribution in [1.82, 2.24) is 0 Å². The highest BCUT2D eigenvalue weighted by Crippen LogP contribution is 2.13. The van der Waals surface area contributed by atoms with Gasteiger partial charge in [-0.3, -0.25) is 0 Å². The lowest BCUT2D eigenvalue weighted by atomic mass is 9.94. The fourth-order valence-electron chi connectivity index (χ4n) is 2.02. The first-order valence-corrected chi connectivity index (χ1v) is 5.97. The van der Waals surface area contributed by atoms with Crippen molar-refractivity contribution in [1.29, 1.82) is 5.41 Å². The van der Waals surface area contributed by atoms with E-state index in [2.05, 4.69) is 48.5 Å². The Bertz CT molecular complexity index is 406. The Kier molecular flexibility index (Phi) is 4.09. The predicted molar refractivity (Wildman–Crippen MR) is 72.6 cm³/mol. The Labute approximate surface area is 103 Å². The van der Waals surface area contributed by atoms with Crippen LogP contribution >= 0.6 is 0 Å². The van der Waals surface area contributed by atoms with Gasteiger partial charge in [0.15, 0.2) is 0 Å². The van der Waals surface area contributed by atoms with E-state index in [9.17, 15) is 0 Å². The van der Waals surface area contributed by atoms with Crippen LogP contribution < -0.4 is 0 Å². The van der Waals surface area contributed by atoms with E-state index >= 15 is 0 Å². The number of benzene rings is 2. The van der Waals surface area contributed by atoms with Crippen molar-refractivity contribution in [3.8, 4) is 0 Å². The van der Waals surface area contributed by atoms with E-state index in [0.717, 1.165) is 12.8 Å². The molecule has 0 amide bonds. The van der Waals surface area contributed by atoms with Crippen LogP contribution in [0, 0.1) is 11.3 Å². The number of hydrogen-bond donors (Lipinski definition) is 1. The fraction of sp³-hybridized carbons (Fsp3) is 0.188. The molecule has 1 heteroatoms. The highest BCUT2D eigenvalue weighted by atomic mass is 14.3. The molecule has 0 bridgehead atoms. The minimum Gasteiger partial charge on any atom is -0.313 e. The molecule has 0 heterocycles. The van der Waals surface area contributed by atoms with Crippen molar-refractivity contribution in [2.45, 2.75) is 12.8 Å². The molecule has 17 heavy (non-hydrogen) atoms. The number of rotatable bonds is 5. The highest BCUT2D eigenvalue weighted by Gasteiger charge is 2.07. The van der Waals surface area contributed by atoms with E-state index in [1.807, 2.05) is 12.1 Å². The zero-order valence-electron chi connectivity index (χ0n) is 9.84. The third kappa shape index (κ3) is 3.56. The molecule has 1 N–H and O–H groups in total. The van der Waals surface area contributed by atoms with Gasteiger partial charge in [-0.15, -0.1) is 0 Å². The maximum atomic E-state index is 7.53. The molecule has 0 aliphatic carbocycles. The van der Waals surface area contributed by atoms with Gasteiger partial charge in [0.25, 0.3) is 0 Å². The summed E-state index contributed by atoms with van der Waals surface area (Å²) < 4.78 is 0. The van der Waals surface area contributed by atoms with Crippen LogP contribution in [0.5, 0.6) is 0 Å². The summed E-state index contributed by atoms with van der Waals surface area (Å²) in [5.74, 6) is 0.291. The Hall–Kier alpha value is -1.89. The summed E-state index contributed by atoms with van der Waals surface area (Å²) in [5.41, 5.74) is 2.61. The molecule has 0 aromatic heterocycles. The van der Waals surface area contributed by atoms with Crippen LogP contribution in [0.3, 0.4) is 0 Å². The van der Waals surface area contributed by atoms with E-state index in [4.69, 9.17) is 5.41 Å². The zero-order chi connectivity index (χ0) is 11.9. The molecule has 0 unspecified atom stereocenters. The van der Waals surface area contributed by atoms with Crippen molar-refractivity contribution in [3.63, 3.8) is 0 Å². The minimum atomic E-state index is 0.291. The summed E-state index contributed by atoms with van der Waals surface area (Å²) in [6, 6.07) is 20.8. The van der Waals surface area contributed by atoms with Crippen LogP contribution in [0.15, 0.2) is 60.7 Å². The molecule has 2 rings (SSSR count). The monoisotopic (exact) mass is 223 g/mol. The van der Waals surface area contributed by atoms with Crippen LogP contribution in [-0.4, -0.2) is 6.21 Å². The molecule has 0 spiro atoms. The van der Waals surface area contributed by atoms with Gasteiger partial charge in [-0.05, 0) is 30.2 Å². The molecular formula is C16H17N. The summed E-state index contributed by atoms with van der Waals surface area (Å²) in [6.07, 6.45) is 3.46. The molecule has 86 valence electrons. The SMILES string of the molecule is N=CC(Cc1ccccc1)Cc1ccccc1. The van der Waals surface area contributed by atoms with Gasteiger partial charge in [-0.25, -0.2) is 0 Å². The second-order valence-electron chi connectivity index (χ2n) is 4.31. The summed E-state index contributed by atoms with van der Waals surface area (Å²) in [5, 5.41) is 7.53. The van der Waals surface area contributed by atoms with Gasteiger partial charge in [0.2, 0.25) is 0 Å². The van der Waals surface area contributed by atoms with Crippen molar-refractivity contribution < 1.29 is 0 Å². The molecule has 0 saturated carbocycles. The quantitative estimate of drug-likeness (QED) is 0.747. The van der Waals surface area contributed by atoms with Gasteiger partial charge in [0.1, 0.15) is 0 Å². The second kappa shape index (κ2) is 6.00. The zero-order valence-corrected chi connectivity index (χ0v) is 9.84. The van der Waals surface area contributed by atoms with E-state index in [0.29, 0.717) is 5.92 Å². The van der Waals surface area contributed by atoms with Crippen LogP contribution in [0.1, 0.15) is 11.1 Å². The maximum absolute atomic E-state index is 7.53. The van der Waals surface area contributed by atoms with Crippen molar-refractivity contribution in [3.05, 3.63) is 71.8 Å². The first kappa shape index (κ1) is 11.6. The summed E-state index contributed by atoms with van der Waals surface area (Å²) >= 11 is 0. The normalized spacial score (nSPS) is 10.4. The molecule has 0 radical (unpaired) electrons. The van der Waals surface area contributed by atoms with E-state index in [1.165, 1.54) is 11.1 Å². The summed E-state index contributed by atoms with van der Waals surface area (Å²) in [7, 11) is 0. The smallest absolute Gasteiger partial charge is 0.00159 e. The maximum Gasteiger partial charge on any atom is 0.00159 e. The molecule has 0 atom stereocenters. The lowest BCUT2D eigenvalue weighted by Gasteiger charge is -2.11. The second-order valence-corrected chi connectivity index (χ2v) is 4.31. The van der Waals surface area contributed by atoms with Gasteiger partial charge < -0.3 is 5.41 Å². The lowest BCUT2D eigenvalue weighted by molar-refractivity contribution is 0.693. The van der Waals surface area contributed by atoms with Gasteiger partial charge in [-0.2, -0.15) is 0 Å².